The Balaban J connectivity index is 2.11. The standard InChI is InChI=1S/C14H16N2O2/c1-10-4-5-12-11(8-10)9-13(18-12)14(17)16-7-3-2-6-15/h2-5,8-9H,6-7,15H2,1H3,(H,16,17)/b3-2+. The summed E-state index contributed by atoms with van der Waals surface area (Å²) in [6.45, 7) is 2.93. The summed E-state index contributed by atoms with van der Waals surface area (Å²) in [6, 6.07) is 7.57. The fourth-order valence-corrected chi connectivity index (χ4v) is 1.69. The Kier molecular flexibility index (Phi) is 3.79. The Labute approximate surface area is 105 Å². The predicted octanol–water partition coefficient (Wildman–Crippen LogP) is 1.99. The number of amides is 1. The molecule has 0 radical (unpaired) electrons. The van der Waals surface area contributed by atoms with Gasteiger partial charge in [0.05, 0.1) is 0 Å². The zero-order chi connectivity index (χ0) is 13.0. The summed E-state index contributed by atoms with van der Waals surface area (Å²) in [5.41, 5.74) is 7.17. The Bertz CT molecular complexity index is 584. The molecule has 2 rings (SSSR count). The highest BCUT2D eigenvalue weighted by atomic mass is 16.3. The average Bonchev–Trinajstić information content (AvgIpc) is 2.77. The van der Waals surface area contributed by atoms with Crippen molar-refractivity contribution >= 4 is 16.9 Å². The van der Waals surface area contributed by atoms with Crippen molar-refractivity contribution in [2.24, 2.45) is 5.73 Å². The average molecular weight is 244 g/mol. The highest BCUT2D eigenvalue weighted by Gasteiger charge is 2.10. The summed E-state index contributed by atoms with van der Waals surface area (Å²) >= 11 is 0. The van der Waals surface area contributed by atoms with Gasteiger partial charge in [-0.2, -0.15) is 0 Å². The molecule has 0 aliphatic rings. The molecule has 3 N–H and O–H groups in total. The van der Waals surface area contributed by atoms with E-state index in [2.05, 4.69) is 5.32 Å². The quantitative estimate of drug-likeness (QED) is 0.808. The molecule has 1 aromatic heterocycles. The maximum atomic E-state index is 11.8. The number of furan rings is 1. The van der Waals surface area contributed by atoms with Gasteiger partial charge in [-0.15, -0.1) is 0 Å². The minimum absolute atomic E-state index is 0.217. The molecule has 0 unspecified atom stereocenters. The van der Waals surface area contributed by atoms with E-state index >= 15 is 0 Å². The van der Waals surface area contributed by atoms with Gasteiger partial charge < -0.3 is 15.5 Å². The monoisotopic (exact) mass is 244 g/mol. The van der Waals surface area contributed by atoms with Crippen LogP contribution in [0, 0.1) is 6.92 Å². The second-order valence-electron chi connectivity index (χ2n) is 4.07. The fraction of sp³-hybridized carbons (Fsp3) is 0.214. The summed E-state index contributed by atoms with van der Waals surface area (Å²) < 4.78 is 5.48. The minimum atomic E-state index is -0.217. The van der Waals surface area contributed by atoms with Crippen LogP contribution >= 0.6 is 0 Å². The second-order valence-corrected chi connectivity index (χ2v) is 4.07. The molecule has 2 aromatic rings. The summed E-state index contributed by atoms with van der Waals surface area (Å²) in [6.07, 6.45) is 3.60. The van der Waals surface area contributed by atoms with E-state index in [1.165, 1.54) is 0 Å². The van der Waals surface area contributed by atoms with E-state index in [-0.39, 0.29) is 5.91 Å². The lowest BCUT2D eigenvalue weighted by Crippen LogP contribution is -2.22. The van der Waals surface area contributed by atoms with Crippen molar-refractivity contribution in [3.63, 3.8) is 0 Å². The van der Waals surface area contributed by atoms with Crippen LogP contribution in [-0.4, -0.2) is 19.0 Å². The van der Waals surface area contributed by atoms with Gasteiger partial charge >= 0.3 is 0 Å². The number of carbonyl (C=O) groups is 1. The first-order chi connectivity index (χ1) is 8.70. The first-order valence-corrected chi connectivity index (χ1v) is 5.84. The van der Waals surface area contributed by atoms with E-state index in [0.717, 1.165) is 16.5 Å². The molecule has 1 aromatic carbocycles. The number of nitrogens with two attached hydrogens (primary N) is 1. The zero-order valence-electron chi connectivity index (χ0n) is 10.3. The molecule has 0 fully saturated rings. The van der Waals surface area contributed by atoms with Crippen LogP contribution in [0.1, 0.15) is 16.1 Å². The van der Waals surface area contributed by atoms with E-state index in [9.17, 15) is 4.79 Å². The van der Waals surface area contributed by atoms with Crippen LogP contribution < -0.4 is 11.1 Å². The lowest BCUT2D eigenvalue weighted by molar-refractivity contribution is 0.0932. The molecular weight excluding hydrogens is 228 g/mol. The van der Waals surface area contributed by atoms with Gasteiger partial charge in [0.2, 0.25) is 0 Å². The van der Waals surface area contributed by atoms with Gasteiger partial charge in [-0.1, -0.05) is 23.8 Å². The minimum Gasteiger partial charge on any atom is -0.451 e. The Morgan fingerprint density at radius 3 is 3.00 bits per heavy atom. The third kappa shape index (κ3) is 2.78. The van der Waals surface area contributed by atoms with Gasteiger partial charge in [0.1, 0.15) is 5.58 Å². The molecule has 4 nitrogen and oxygen atoms in total. The first kappa shape index (κ1) is 12.4. The smallest absolute Gasteiger partial charge is 0.287 e. The van der Waals surface area contributed by atoms with Crippen molar-refractivity contribution in [1.82, 2.24) is 5.32 Å². The third-order valence-corrected chi connectivity index (χ3v) is 2.58. The molecule has 0 atom stereocenters. The highest BCUT2D eigenvalue weighted by molar-refractivity contribution is 5.96. The summed E-state index contributed by atoms with van der Waals surface area (Å²) in [5.74, 6) is 0.113. The molecule has 0 aliphatic carbocycles. The van der Waals surface area contributed by atoms with Crippen molar-refractivity contribution in [1.29, 1.82) is 0 Å². The van der Waals surface area contributed by atoms with Crippen LogP contribution in [0.25, 0.3) is 11.0 Å². The van der Waals surface area contributed by atoms with Crippen molar-refractivity contribution < 1.29 is 9.21 Å². The first-order valence-electron chi connectivity index (χ1n) is 5.84. The molecule has 18 heavy (non-hydrogen) atoms. The molecular formula is C14H16N2O2. The van der Waals surface area contributed by atoms with Gasteiger partial charge in [0.15, 0.2) is 5.76 Å². The number of hydrogen-bond donors (Lipinski definition) is 2. The topological polar surface area (TPSA) is 68.3 Å². The largest absolute Gasteiger partial charge is 0.451 e. The molecule has 1 amide bonds. The van der Waals surface area contributed by atoms with Crippen LogP contribution in [0.3, 0.4) is 0 Å². The molecule has 0 aliphatic heterocycles. The maximum absolute atomic E-state index is 11.8. The lowest BCUT2D eigenvalue weighted by atomic mass is 10.2. The number of aryl methyl sites for hydroxylation is 1. The van der Waals surface area contributed by atoms with E-state index < -0.39 is 0 Å². The van der Waals surface area contributed by atoms with Crippen molar-refractivity contribution in [2.75, 3.05) is 13.1 Å². The fourth-order valence-electron chi connectivity index (χ4n) is 1.69. The van der Waals surface area contributed by atoms with Gasteiger partial charge in [-0.05, 0) is 25.1 Å². The molecule has 0 saturated carbocycles. The van der Waals surface area contributed by atoms with Crippen molar-refractivity contribution in [2.45, 2.75) is 6.92 Å². The van der Waals surface area contributed by atoms with Gasteiger partial charge in [-0.3, -0.25) is 4.79 Å². The Morgan fingerprint density at radius 2 is 2.22 bits per heavy atom. The zero-order valence-corrected chi connectivity index (χ0v) is 10.3. The van der Waals surface area contributed by atoms with E-state index in [1.807, 2.05) is 31.2 Å². The second kappa shape index (κ2) is 5.51. The van der Waals surface area contributed by atoms with Crippen LogP contribution in [0.5, 0.6) is 0 Å². The van der Waals surface area contributed by atoms with Gasteiger partial charge in [-0.25, -0.2) is 0 Å². The molecule has 1 heterocycles. The van der Waals surface area contributed by atoms with Gasteiger partial charge in [0, 0.05) is 18.5 Å². The number of fused-ring (bicyclic) bond motifs is 1. The van der Waals surface area contributed by atoms with Crippen molar-refractivity contribution in [3.05, 3.63) is 47.7 Å². The predicted molar refractivity (Wildman–Crippen MR) is 71.5 cm³/mol. The van der Waals surface area contributed by atoms with E-state index in [4.69, 9.17) is 10.2 Å². The van der Waals surface area contributed by atoms with E-state index in [1.54, 1.807) is 12.1 Å². The van der Waals surface area contributed by atoms with Crippen LogP contribution in [0.15, 0.2) is 40.8 Å². The Morgan fingerprint density at radius 1 is 1.39 bits per heavy atom. The van der Waals surface area contributed by atoms with Crippen LogP contribution in [0.4, 0.5) is 0 Å². The number of carbonyl (C=O) groups excluding carboxylic acids is 1. The van der Waals surface area contributed by atoms with E-state index in [0.29, 0.717) is 18.8 Å². The van der Waals surface area contributed by atoms with Crippen molar-refractivity contribution in [3.8, 4) is 0 Å². The molecule has 0 saturated heterocycles. The van der Waals surface area contributed by atoms with Crippen LogP contribution in [-0.2, 0) is 0 Å². The van der Waals surface area contributed by atoms with Crippen LogP contribution in [0.2, 0.25) is 0 Å². The third-order valence-electron chi connectivity index (χ3n) is 2.58. The molecule has 4 heteroatoms. The summed E-state index contributed by atoms with van der Waals surface area (Å²) in [4.78, 5) is 11.8. The Hall–Kier alpha value is -2.07. The summed E-state index contributed by atoms with van der Waals surface area (Å²) in [5, 5.41) is 3.68. The highest BCUT2D eigenvalue weighted by Crippen LogP contribution is 2.20. The number of nitrogens with one attached hydrogen (secondary N) is 1. The normalized spacial score (nSPS) is 11.2. The number of hydrogen-bond acceptors (Lipinski definition) is 3. The number of benzene rings is 1. The summed E-state index contributed by atoms with van der Waals surface area (Å²) in [7, 11) is 0. The molecule has 94 valence electrons. The maximum Gasteiger partial charge on any atom is 0.287 e. The molecule has 0 bridgehead atoms. The molecule has 0 spiro atoms. The number of rotatable bonds is 4. The lowest BCUT2D eigenvalue weighted by Gasteiger charge is -1.97. The SMILES string of the molecule is Cc1ccc2oc(C(=O)NC/C=C/CN)cc2c1. The van der Waals surface area contributed by atoms with Gasteiger partial charge in [0.25, 0.3) is 5.91 Å².